The number of nitrogens with one attached hydrogen (secondary N) is 2. The summed E-state index contributed by atoms with van der Waals surface area (Å²) in [5.74, 6) is -0.742. The minimum atomic E-state index is -0.534. The molecule has 0 aromatic heterocycles. The summed E-state index contributed by atoms with van der Waals surface area (Å²) in [6.45, 7) is 4.72. The van der Waals surface area contributed by atoms with Crippen molar-refractivity contribution in [1.29, 1.82) is 0 Å². The van der Waals surface area contributed by atoms with E-state index in [1.165, 1.54) is 11.0 Å². The number of rotatable bonds is 13. The average molecular weight is 690 g/mol. The zero-order chi connectivity index (χ0) is 34.8. The summed E-state index contributed by atoms with van der Waals surface area (Å²) in [6.07, 6.45) is -0.617. The number of ketones is 1. The molecular formula is C36H40FN5O6S. The van der Waals surface area contributed by atoms with Gasteiger partial charge in [-0.1, -0.05) is 73.7 Å². The second-order valence-corrected chi connectivity index (χ2v) is 12.3. The molecule has 0 radical (unpaired) electrons. The normalized spacial score (nSPS) is 15.8. The number of ether oxygens (including phenoxy) is 2. The van der Waals surface area contributed by atoms with Crippen molar-refractivity contribution in [2.45, 2.75) is 45.4 Å². The molecule has 2 aliphatic heterocycles. The number of thiocarbonyl (C=S) groups is 1. The number of hydrogen-bond acceptors (Lipinski definition) is 8. The Labute approximate surface area is 290 Å². The van der Waals surface area contributed by atoms with E-state index in [0.29, 0.717) is 61.1 Å². The summed E-state index contributed by atoms with van der Waals surface area (Å²) >= 11 is 5.16. The number of benzene rings is 3. The number of carbonyl (C=O) groups is 4. The van der Waals surface area contributed by atoms with Crippen molar-refractivity contribution in [2.75, 3.05) is 49.1 Å². The maximum Gasteiger partial charge on any atom is 0.414 e. The first kappa shape index (κ1) is 35.3. The molecule has 49 heavy (non-hydrogen) atoms. The molecular weight excluding hydrogens is 649 g/mol. The van der Waals surface area contributed by atoms with E-state index in [2.05, 4.69) is 10.6 Å². The Hall–Kier alpha value is -5.04. The molecule has 2 saturated heterocycles. The van der Waals surface area contributed by atoms with Gasteiger partial charge in [-0.3, -0.25) is 14.5 Å². The Kier molecular flexibility index (Phi) is 12.1. The van der Waals surface area contributed by atoms with Crippen LogP contribution in [-0.2, 0) is 27.4 Å². The first-order valence-corrected chi connectivity index (χ1v) is 16.7. The van der Waals surface area contributed by atoms with Crippen molar-refractivity contribution in [3.63, 3.8) is 0 Å². The standard InChI is InChI=1S/C36H40FN5O6S/c1-2-33(49)38-22-29-23-42(36(46)48-29)28-12-13-31(30(37)20-28)40-16-18-41(19-17-40)34(44)15-14-32(43)27-10-8-25(9-11-27)21-39-35(45)47-24-26-6-4-3-5-7-26/h3-13,20,29H,2,14-19,21-24H2,1H3,(H,38,49)(H,39,45)/t29-/m0/s1. The van der Waals surface area contributed by atoms with Gasteiger partial charge in [-0.2, -0.15) is 0 Å². The van der Waals surface area contributed by atoms with Gasteiger partial charge >= 0.3 is 12.2 Å². The summed E-state index contributed by atoms with van der Waals surface area (Å²) in [5, 5.41) is 5.76. The van der Waals surface area contributed by atoms with Gasteiger partial charge in [0.05, 0.1) is 29.5 Å². The van der Waals surface area contributed by atoms with E-state index in [0.717, 1.165) is 11.1 Å². The molecule has 2 aliphatic rings. The van der Waals surface area contributed by atoms with E-state index in [4.69, 9.17) is 21.7 Å². The van der Waals surface area contributed by atoms with Gasteiger partial charge in [-0.05, 0) is 35.7 Å². The maximum absolute atomic E-state index is 15.2. The minimum absolute atomic E-state index is 0.0691. The Morgan fingerprint density at radius 2 is 1.67 bits per heavy atom. The Bertz CT molecular complexity index is 1650. The summed E-state index contributed by atoms with van der Waals surface area (Å²) in [4.78, 5) is 55.8. The third-order valence-corrected chi connectivity index (χ3v) is 8.86. The van der Waals surface area contributed by atoms with Crippen LogP contribution in [0.5, 0.6) is 0 Å². The number of Topliss-reactive ketones (excluding diaryl/α,β-unsaturated/α-hetero) is 1. The number of nitrogens with zero attached hydrogens (tertiary/aromatic N) is 3. The molecule has 258 valence electrons. The molecule has 0 saturated carbocycles. The van der Waals surface area contributed by atoms with Crippen LogP contribution in [0.4, 0.5) is 25.4 Å². The molecule has 2 heterocycles. The number of carbonyl (C=O) groups excluding carboxylic acids is 4. The lowest BCUT2D eigenvalue weighted by atomic mass is 10.0. The number of amides is 3. The fourth-order valence-corrected chi connectivity index (χ4v) is 5.67. The number of alkyl carbamates (subject to hydrolysis) is 1. The van der Waals surface area contributed by atoms with E-state index in [1.54, 1.807) is 41.3 Å². The van der Waals surface area contributed by atoms with Crippen LogP contribution >= 0.6 is 12.2 Å². The Morgan fingerprint density at radius 1 is 0.939 bits per heavy atom. The molecule has 2 fully saturated rings. The molecule has 13 heteroatoms. The highest BCUT2D eigenvalue weighted by Crippen LogP contribution is 2.28. The smallest absolute Gasteiger partial charge is 0.414 e. The first-order valence-electron chi connectivity index (χ1n) is 16.3. The van der Waals surface area contributed by atoms with E-state index in [9.17, 15) is 19.2 Å². The predicted molar refractivity (Wildman–Crippen MR) is 187 cm³/mol. The molecule has 3 aromatic carbocycles. The topological polar surface area (TPSA) is 121 Å². The zero-order valence-corrected chi connectivity index (χ0v) is 28.2. The number of piperazine rings is 1. The zero-order valence-electron chi connectivity index (χ0n) is 27.4. The molecule has 11 nitrogen and oxygen atoms in total. The molecule has 1 atom stereocenters. The predicted octanol–water partition coefficient (Wildman–Crippen LogP) is 5.22. The first-order chi connectivity index (χ1) is 23.7. The summed E-state index contributed by atoms with van der Waals surface area (Å²) in [6, 6.07) is 20.9. The highest BCUT2D eigenvalue weighted by molar-refractivity contribution is 7.80. The SMILES string of the molecule is CCC(=S)NC[C@H]1CN(c2ccc(N3CCN(C(=O)CCC(=O)c4ccc(CNC(=O)OCc5ccccc5)cc4)CC3)c(F)c2)C(=O)O1. The minimum Gasteiger partial charge on any atom is -0.445 e. The van der Waals surface area contributed by atoms with Gasteiger partial charge in [0.25, 0.3) is 0 Å². The molecule has 2 N–H and O–H groups in total. The van der Waals surface area contributed by atoms with Crippen molar-refractivity contribution in [2.24, 2.45) is 0 Å². The van der Waals surface area contributed by atoms with Gasteiger partial charge in [-0.15, -0.1) is 0 Å². The number of hydrogen-bond donors (Lipinski definition) is 2. The monoisotopic (exact) mass is 689 g/mol. The third-order valence-electron chi connectivity index (χ3n) is 8.43. The van der Waals surface area contributed by atoms with Gasteiger partial charge in [-0.25, -0.2) is 14.0 Å². The number of anilines is 2. The van der Waals surface area contributed by atoms with Gasteiger partial charge in [0.15, 0.2) is 5.78 Å². The molecule has 3 amide bonds. The van der Waals surface area contributed by atoms with Crippen LogP contribution in [0.25, 0.3) is 0 Å². The highest BCUT2D eigenvalue weighted by atomic mass is 32.1. The van der Waals surface area contributed by atoms with Crippen LogP contribution in [0.3, 0.4) is 0 Å². The summed E-state index contributed by atoms with van der Waals surface area (Å²) in [7, 11) is 0. The van der Waals surface area contributed by atoms with Crippen LogP contribution in [-0.4, -0.2) is 79.1 Å². The lowest BCUT2D eigenvalue weighted by molar-refractivity contribution is -0.131. The van der Waals surface area contributed by atoms with E-state index in [1.807, 2.05) is 42.2 Å². The Balaban J connectivity index is 1.02. The van der Waals surface area contributed by atoms with E-state index < -0.39 is 24.1 Å². The fraction of sp³-hybridized carbons (Fsp3) is 0.361. The van der Waals surface area contributed by atoms with Crippen LogP contribution in [0.2, 0.25) is 0 Å². The van der Waals surface area contributed by atoms with Crippen molar-refractivity contribution < 1.29 is 33.0 Å². The van der Waals surface area contributed by atoms with Crippen molar-refractivity contribution >= 4 is 52.5 Å². The third kappa shape index (κ3) is 9.75. The van der Waals surface area contributed by atoms with E-state index >= 15 is 4.39 Å². The van der Waals surface area contributed by atoms with Crippen LogP contribution in [0.15, 0.2) is 72.8 Å². The van der Waals surface area contributed by atoms with Crippen molar-refractivity contribution in [1.82, 2.24) is 15.5 Å². The van der Waals surface area contributed by atoms with Crippen molar-refractivity contribution in [3.8, 4) is 0 Å². The second-order valence-electron chi connectivity index (χ2n) is 11.8. The summed E-state index contributed by atoms with van der Waals surface area (Å²) < 4.78 is 25.9. The van der Waals surface area contributed by atoms with Crippen LogP contribution in [0, 0.1) is 5.82 Å². The van der Waals surface area contributed by atoms with Gasteiger partial charge < -0.3 is 29.9 Å². The van der Waals surface area contributed by atoms with Crippen LogP contribution in [0.1, 0.15) is 47.7 Å². The van der Waals surface area contributed by atoms with E-state index in [-0.39, 0.29) is 44.2 Å². The lowest BCUT2D eigenvalue weighted by Crippen LogP contribution is -2.49. The van der Waals surface area contributed by atoms with Gasteiger partial charge in [0.2, 0.25) is 5.91 Å². The fourth-order valence-electron chi connectivity index (χ4n) is 5.59. The van der Waals surface area contributed by atoms with Crippen molar-refractivity contribution in [3.05, 3.63) is 95.3 Å². The lowest BCUT2D eigenvalue weighted by Gasteiger charge is -2.36. The maximum atomic E-state index is 15.2. The quantitative estimate of drug-likeness (QED) is 0.184. The largest absolute Gasteiger partial charge is 0.445 e. The molecule has 0 bridgehead atoms. The number of halogens is 1. The Morgan fingerprint density at radius 3 is 2.37 bits per heavy atom. The van der Waals surface area contributed by atoms with Gasteiger partial charge in [0, 0.05) is 51.1 Å². The molecule has 0 spiro atoms. The highest BCUT2D eigenvalue weighted by Gasteiger charge is 2.33. The average Bonchev–Trinajstić information content (AvgIpc) is 3.51. The molecule has 0 aliphatic carbocycles. The molecule has 5 rings (SSSR count). The molecule has 0 unspecified atom stereocenters. The van der Waals surface area contributed by atoms with Gasteiger partial charge in [0.1, 0.15) is 18.5 Å². The van der Waals surface area contributed by atoms with Crippen LogP contribution < -0.4 is 20.4 Å². The second kappa shape index (κ2) is 16.9. The number of cyclic esters (lactones) is 1. The summed E-state index contributed by atoms with van der Waals surface area (Å²) in [5.41, 5.74) is 3.00. The molecule has 3 aromatic rings.